The maximum absolute atomic E-state index is 13.4. The first-order valence-corrected chi connectivity index (χ1v) is 14.3. The summed E-state index contributed by atoms with van der Waals surface area (Å²) in [4.78, 5) is 26.5. The van der Waals surface area contributed by atoms with Gasteiger partial charge in [0.05, 0.1) is 0 Å². The van der Waals surface area contributed by atoms with Gasteiger partial charge in [0.25, 0.3) is 0 Å². The van der Waals surface area contributed by atoms with E-state index in [9.17, 15) is 9.59 Å². The van der Waals surface area contributed by atoms with Crippen molar-refractivity contribution in [3.63, 3.8) is 0 Å². The maximum Gasteiger partial charge on any atom is 0.323 e. The van der Waals surface area contributed by atoms with E-state index in [4.69, 9.17) is 9.16 Å². The molecule has 0 aliphatic carbocycles. The van der Waals surface area contributed by atoms with Crippen molar-refractivity contribution in [1.82, 2.24) is 0 Å². The summed E-state index contributed by atoms with van der Waals surface area (Å²) in [6.45, 7) is 6.27. The number of rotatable bonds is 8. The van der Waals surface area contributed by atoms with Crippen LogP contribution in [0.2, 0.25) is 5.04 Å². The summed E-state index contributed by atoms with van der Waals surface area (Å²) in [5.74, 6) is -1.21. The number of carbonyl (C=O) groups is 2. The summed E-state index contributed by atoms with van der Waals surface area (Å²) in [6, 6.07) is 38.8. The van der Waals surface area contributed by atoms with E-state index in [0.29, 0.717) is 0 Å². The molecule has 0 heterocycles. The van der Waals surface area contributed by atoms with Crippen LogP contribution in [0.25, 0.3) is 0 Å². The van der Waals surface area contributed by atoms with Crippen molar-refractivity contribution in [2.75, 3.05) is 0 Å². The van der Waals surface area contributed by atoms with Gasteiger partial charge in [0.1, 0.15) is 6.42 Å². The van der Waals surface area contributed by atoms with Crippen LogP contribution in [0.4, 0.5) is 0 Å². The molecule has 0 saturated carbocycles. The Morgan fingerprint density at radius 1 is 0.622 bits per heavy atom. The molecule has 4 aromatic carbocycles. The zero-order valence-corrected chi connectivity index (χ0v) is 22.5. The first kappa shape index (κ1) is 26.1. The van der Waals surface area contributed by atoms with Crippen molar-refractivity contribution in [2.45, 2.75) is 38.3 Å². The molecule has 0 amide bonds. The fourth-order valence-electron chi connectivity index (χ4n) is 4.73. The molecular weight excluding hydrogens is 476 g/mol. The molecule has 4 aromatic rings. The Kier molecular flexibility index (Phi) is 8.04. The molecule has 4 nitrogen and oxygen atoms in total. The highest BCUT2D eigenvalue weighted by atomic mass is 28.4. The van der Waals surface area contributed by atoms with E-state index in [-0.39, 0.29) is 5.04 Å². The van der Waals surface area contributed by atoms with E-state index in [1.165, 1.54) is 0 Å². The van der Waals surface area contributed by atoms with E-state index in [0.717, 1.165) is 21.5 Å². The Morgan fingerprint density at radius 3 is 1.38 bits per heavy atom. The molecule has 37 heavy (non-hydrogen) atoms. The van der Waals surface area contributed by atoms with Crippen LogP contribution in [0.1, 0.15) is 44.4 Å². The van der Waals surface area contributed by atoms with Crippen molar-refractivity contribution in [1.29, 1.82) is 0 Å². The highest BCUT2D eigenvalue weighted by Crippen LogP contribution is 2.37. The highest BCUT2D eigenvalue weighted by molar-refractivity contribution is 7.00. The van der Waals surface area contributed by atoms with Gasteiger partial charge in [-0.2, -0.15) is 0 Å². The van der Waals surface area contributed by atoms with Crippen molar-refractivity contribution in [2.24, 2.45) is 0 Å². The van der Waals surface area contributed by atoms with Crippen LogP contribution in [-0.4, -0.2) is 20.3 Å². The molecule has 0 saturated heterocycles. The van der Waals surface area contributed by atoms with Gasteiger partial charge in [0.15, 0.2) is 6.10 Å². The SMILES string of the molecule is CC(C)(C)[Si](OC(=O)CC(=O)OC(c1ccccc1)c1ccccc1)(c1ccccc1)c1ccccc1. The number of hydrogen-bond acceptors (Lipinski definition) is 4. The average molecular weight is 509 g/mol. The second kappa shape index (κ2) is 11.4. The molecule has 0 N–H and O–H groups in total. The third-order valence-corrected chi connectivity index (χ3v) is 11.4. The van der Waals surface area contributed by atoms with Crippen molar-refractivity contribution in [3.8, 4) is 0 Å². The summed E-state index contributed by atoms with van der Waals surface area (Å²) in [5.41, 5.74) is 1.67. The molecule has 0 aromatic heterocycles. The summed E-state index contributed by atoms with van der Waals surface area (Å²) >= 11 is 0. The molecule has 0 atom stereocenters. The lowest BCUT2D eigenvalue weighted by molar-refractivity contribution is -0.153. The predicted octanol–water partition coefficient (Wildman–Crippen LogP) is 5.81. The quantitative estimate of drug-likeness (QED) is 0.171. The maximum atomic E-state index is 13.4. The zero-order chi connectivity index (χ0) is 26.3. The van der Waals surface area contributed by atoms with Crippen molar-refractivity contribution in [3.05, 3.63) is 132 Å². The number of carbonyl (C=O) groups excluding carboxylic acids is 2. The monoisotopic (exact) mass is 508 g/mol. The number of esters is 1. The molecule has 0 aliphatic heterocycles. The van der Waals surface area contributed by atoms with Gasteiger partial charge in [-0.3, -0.25) is 9.59 Å². The van der Waals surface area contributed by atoms with E-state index in [1.54, 1.807) is 0 Å². The Hall–Kier alpha value is -3.96. The molecule has 4 rings (SSSR count). The first-order chi connectivity index (χ1) is 17.8. The standard InChI is InChI=1S/C32H32O4Si/c1-32(2,3)37(27-20-12-6-13-21-27,28-22-14-7-15-23-28)36-30(34)24-29(33)35-31(25-16-8-4-9-17-25)26-18-10-5-11-19-26/h4-23,31H,24H2,1-3H3. The Bertz CT molecular complexity index is 1220. The normalized spacial score (nSPS) is 11.7. The minimum absolute atomic E-state index is 0.383. The lowest BCUT2D eigenvalue weighted by Crippen LogP contribution is -2.67. The smallest absolute Gasteiger partial charge is 0.323 e. The summed E-state index contributed by atoms with van der Waals surface area (Å²) in [7, 11) is -3.10. The van der Waals surface area contributed by atoms with E-state index in [2.05, 4.69) is 20.8 Å². The molecule has 0 bridgehead atoms. The van der Waals surface area contributed by atoms with Crippen LogP contribution in [0.3, 0.4) is 0 Å². The number of benzene rings is 4. The van der Waals surface area contributed by atoms with Crippen LogP contribution in [-0.2, 0) is 18.8 Å². The highest BCUT2D eigenvalue weighted by Gasteiger charge is 2.53. The second-order valence-electron chi connectivity index (χ2n) is 10.0. The lowest BCUT2D eigenvalue weighted by Gasteiger charge is -2.42. The Balaban J connectivity index is 1.62. The van der Waals surface area contributed by atoms with Crippen LogP contribution in [0, 0.1) is 0 Å². The summed E-state index contributed by atoms with van der Waals surface area (Å²) in [6.07, 6.45) is -1.09. The molecule has 0 radical (unpaired) electrons. The van der Waals surface area contributed by atoms with Gasteiger partial charge in [-0.05, 0) is 26.5 Å². The fraction of sp³-hybridized carbons (Fsp3) is 0.188. The number of ether oxygens (including phenoxy) is 1. The van der Waals surface area contributed by atoms with Gasteiger partial charge in [-0.25, -0.2) is 0 Å². The van der Waals surface area contributed by atoms with Gasteiger partial charge in [0.2, 0.25) is 0 Å². The third kappa shape index (κ3) is 5.89. The minimum atomic E-state index is -3.10. The molecule has 0 spiro atoms. The second-order valence-corrected chi connectivity index (χ2v) is 14.2. The Morgan fingerprint density at radius 2 is 1.00 bits per heavy atom. The van der Waals surface area contributed by atoms with Crippen molar-refractivity contribution < 1.29 is 18.8 Å². The van der Waals surface area contributed by atoms with Gasteiger partial charge in [-0.15, -0.1) is 0 Å². The van der Waals surface area contributed by atoms with Crippen LogP contribution < -0.4 is 10.4 Å². The van der Waals surface area contributed by atoms with Crippen molar-refractivity contribution >= 4 is 30.6 Å². The summed E-state index contributed by atoms with van der Waals surface area (Å²) in [5, 5.41) is 1.56. The minimum Gasteiger partial charge on any atom is -0.509 e. The summed E-state index contributed by atoms with van der Waals surface area (Å²) < 4.78 is 12.3. The van der Waals surface area contributed by atoms with Gasteiger partial charge in [-0.1, -0.05) is 142 Å². The molecule has 5 heteroatoms. The largest absolute Gasteiger partial charge is 0.509 e. The van der Waals surface area contributed by atoms with E-state index in [1.807, 2.05) is 121 Å². The fourth-order valence-corrected chi connectivity index (χ4v) is 9.08. The van der Waals surface area contributed by atoms with Gasteiger partial charge in [0, 0.05) is 0 Å². The molecular formula is C32H32O4Si. The van der Waals surface area contributed by atoms with E-state index >= 15 is 0 Å². The lowest BCUT2D eigenvalue weighted by atomic mass is 10.0. The zero-order valence-electron chi connectivity index (χ0n) is 21.5. The molecule has 0 fully saturated rings. The van der Waals surface area contributed by atoms with E-state index < -0.39 is 32.8 Å². The molecule has 0 aliphatic rings. The third-order valence-electron chi connectivity index (χ3n) is 6.43. The number of hydrogen-bond donors (Lipinski definition) is 0. The average Bonchev–Trinajstić information content (AvgIpc) is 2.91. The first-order valence-electron chi connectivity index (χ1n) is 12.4. The van der Waals surface area contributed by atoms with Crippen LogP contribution in [0.5, 0.6) is 0 Å². The molecule has 0 unspecified atom stereocenters. The van der Waals surface area contributed by atoms with Crippen LogP contribution >= 0.6 is 0 Å². The molecule has 188 valence electrons. The topological polar surface area (TPSA) is 52.6 Å². The van der Waals surface area contributed by atoms with Crippen LogP contribution in [0.15, 0.2) is 121 Å². The predicted molar refractivity (Wildman–Crippen MR) is 149 cm³/mol. The van der Waals surface area contributed by atoms with Gasteiger partial charge < -0.3 is 9.16 Å². The Labute approximate surface area is 220 Å². The van der Waals surface area contributed by atoms with Gasteiger partial charge >= 0.3 is 20.3 Å².